The minimum atomic E-state index is 0.135. The number of aromatic nitrogens is 3. The van der Waals surface area contributed by atoms with Gasteiger partial charge in [0.25, 0.3) is 0 Å². The molecule has 3 heteroatoms. The summed E-state index contributed by atoms with van der Waals surface area (Å²) in [6, 6.07) is 0. The number of aromatic amines is 1. The molecule has 1 aromatic rings. The lowest BCUT2D eigenvalue weighted by Gasteiger charge is -2.29. The predicted octanol–water partition coefficient (Wildman–Crippen LogP) is 10.6. The third-order valence-electron chi connectivity index (χ3n) is 8.21. The molecular formula is C31H61N3. The highest BCUT2D eigenvalue weighted by atomic mass is 15.2. The van der Waals surface area contributed by atoms with E-state index in [1.165, 1.54) is 146 Å². The van der Waals surface area contributed by atoms with Crippen molar-refractivity contribution in [1.82, 2.24) is 15.2 Å². The average Bonchev–Trinajstić information content (AvgIpc) is 3.35. The molecule has 1 atom stereocenters. The van der Waals surface area contributed by atoms with Crippen LogP contribution in [0.4, 0.5) is 0 Å². The summed E-state index contributed by atoms with van der Waals surface area (Å²) in [7, 11) is 0. The molecule has 0 bridgehead atoms. The van der Waals surface area contributed by atoms with E-state index >= 15 is 0 Å². The fourth-order valence-electron chi connectivity index (χ4n) is 5.47. The summed E-state index contributed by atoms with van der Waals surface area (Å²) in [5.74, 6) is 2.34. The van der Waals surface area contributed by atoms with E-state index in [0.29, 0.717) is 0 Å². The van der Waals surface area contributed by atoms with Gasteiger partial charge in [0.1, 0.15) is 11.6 Å². The Kier molecular flexibility index (Phi) is 16.9. The van der Waals surface area contributed by atoms with Gasteiger partial charge in [-0.3, -0.25) is 0 Å². The zero-order valence-corrected chi connectivity index (χ0v) is 24.2. The Morgan fingerprint density at radius 2 is 0.706 bits per heavy atom. The largest absolute Gasteiger partial charge is 0.328 e. The molecule has 0 radical (unpaired) electrons. The molecule has 1 rings (SSSR count). The minimum absolute atomic E-state index is 0.135. The molecule has 0 saturated heterocycles. The summed E-state index contributed by atoms with van der Waals surface area (Å²) in [4.78, 5) is 3.85. The highest BCUT2D eigenvalue weighted by Crippen LogP contribution is 2.37. The van der Waals surface area contributed by atoms with Crippen molar-refractivity contribution >= 4 is 0 Å². The van der Waals surface area contributed by atoms with Crippen LogP contribution in [-0.4, -0.2) is 15.2 Å². The van der Waals surface area contributed by atoms with Crippen molar-refractivity contribution in [3.8, 4) is 0 Å². The van der Waals surface area contributed by atoms with Crippen LogP contribution in [0.2, 0.25) is 0 Å². The van der Waals surface area contributed by atoms with E-state index in [1.807, 2.05) is 0 Å². The average molecular weight is 476 g/mol. The van der Waals surface area contributed by atoms with Gasteiger partial charge in [0.05, 0.1) is 0 Å². The number of unbranched alkanes of at least 4 members (excludes halogenated alkanes) is 13. The first-order chi connectivity index (χ1) is 16.5. The van der Waals surface area contributed by atoms with Gasteiger partial charge in [0.15, 0.2) is 0 Å². The Morgan fingerprint density at radius 3 is 1.00 bits per heavy atom. The highest BCUT2D eigenvalue weighted by molar-refractivity contribution is 5.12. The number of nitrogens with zero attached hydrogens (tertiary/aromatic N) is 2. The van der Waals surface area contributed by atoms with Gasteiger partial charge in [-0.15, -0.1) is 10.2 Å². The van der Waals surface area contributed by atoms with Crippen LogP contribution >= 0.6 is 0 Å². The van der Waals surface area contributed by atoms with E-state index in [4.69, 9.17) is 10.2 Å². The smallest absolute Gasteiger partial charge is 0.136 e. The Balaban J connectivity index is 2.96. The molecule has 0 fully saturated rings. The lowest BCUT2D eigenvalue weighted by molar-refractivity contribution is 0.337. The molecule has 200 valence electrons. The van der Waals surface area contributed by atoms with Crippen molar-refractivity contribution in [2.75, 3.05) is 0 Å². The molecule has 0 aliphatic heterocycles. The predicted molar refractivity (Wildman–Crippen MR) is 151 cm³/mol. The molecular weight excluding hydrogens is 414 g/mol. The maximum Gasteiger partial charge on any atom is 0.136 e. The van der Waals surface area contributed by atoms with Crippen LogP contribution in [0.15, 0.2) is 0 Å². The standard InChI is InChI=1S/C31H61N3/c1-7-11-15-19-23-27-31(6,26-22-18-14-10-4)29-32-28(33-34-29)30(5,24-20-16-12-8-2)25-21-17-13-9-3/h7-27H2,1-6H3,(H,32,33,34). The lowest BCUT2D eigenvalue weighted by Crippen LogP contribution is -2.26. The van der Waals surface area contributed by atoms with E-state index in [9.17, 15) is 0 Å². The van der Waals surface area contributed by atoms with Gasteiger partial charge in [-0.25, -0.2) is 0 Å². The number of hydrogen-bond acceptors (Lipinski definition) is 2. The van der Waals surface area contributed by atoms with Gasteiger partial charge < -0.3 is 4.98 Å². The van der Waals surface area contributed by atoms with Crippen LogP contribution in [-0.2, 0) is 10.8 Å². The number of H-pyrrole nitrogens is 1. The third kappa shape index (κ3) is 11.7. The van der Waals surface area contributed by atoms with Crippen molar-refractivity contribution < 1.29 is 0 Å². The summed E-state index contributed by atoms with van der Waals surface area (Å²) in [6.07, 6.45) is 27.6. The molecule has 1 unspecified atom stereocenters. The van der Waals surface area contributed by atoms with Gasteiger partial charge in [-0.1, -0.05) is 151 Å². The van der Waals surface area contributed by atoms with E-state index in [0.717, 1.165) is 0 Å². The molecule has 1 heterocycles. The molecule has 0 aromatic carbocycles. The second-order valence-corrected chi connectivity index (χ2v) is 11.7. The summed E-state index contributed by atoms with van der Waals surface area (Å²) >= 11 is 0. The lowest BCUT2D eigenvalue weighted by atomic mass is 9.77. The second-order valence-electron chi connectivity index (χ2n) is 11.7. The van der Waals surface area contributed by atoms with E-state index in [-0.39, 0.29) is 10.8 Å². The van der Waals surface area contributed by atoms with Gasteiger partial charge >= 0.3 is 0 Å². The van der Waals surface area contributed by atoms with Gasteiger partial charge in [0, 0.05) is 10.8 Å². The Hall–Kier alpha value is -0.860. The van der Waals surface area contributed by atoms with Gasteiger partial charge in [-0.05, 0) is 25.7 Å². The van der Waals surface area contributed by atoms with Gasteiger partial charge in [-0.2, -0.15) is 0 Å². The first-order valence-electron chi connectivity index (χ1n) is 15.4. The molecule has 0 amide bonds. The zero-order chi connectivity index (χ0) is 25.1. The van der Waals surface area contributed by atoms with Crippen LogP contribution in [0.25, 0.3) is 0 Å². The first kappa shape index (κ1) is 31.2. The summed E-state index contributed by atoms with van der Waals surface area (Å²) < 4.78 is 0. The Morgan fingerprint density at radius 1 is 0.441 bits per heavy atom. The van der Waals surface area contributed by atoms with Crippen LogP contribution in [0.3, 0.4) is 0 Å². The highest BCUT2D eigenvalue weighted by Gasteiger charge is 2.34. The summed E-state index contributed by atoms with van der Waals surface area (Å²) in [5.41, 5.74) is 0.271. The monoisotopic (exact) mass is 475 g/mol. The number of hydrogen-bond donors (Lipinski definition) is 1. The van der Waals surface area contributed by atoms with E-state index in [1.54, 1.807) is 0 Å². The third-order valence-corrected chi connectivity index (χ3v) is 8.21. The van der Waals surface area contributed by atoms with Crippen LogP contribution in [0, 0.1) is 0 Å². The molecule has 1 N–H and O–H groups in total. The Labute approximate surface area is 214 Å². The zero-order valence-electron chi connectivity index (χ0n) is 24.2. The van der Waals surface area contributed by atoms with Crippen molar-refractivity contribution in [1.29, 1.82) is 0 Å². The molecule has 0 spiro atoms. The SMILES string of the molecule is CCCCCCCC(C)(CCCCCC)c1nnc(C(C)(CCCCCC)CCCCCC)[nH]1. The van der Waals surface area contributed by atoms with Crippen LogP contribution in [0.5, 0.6) is 0 Å². The number of rotatable bonds is 23. The fraction of sp³-hybridized carbons (Fsp3) is 0.935. The van der Waals surface area contributed by atoms with Crippen LogP contribution < -0.4 is 0 Å². The molecule has 0 aliphatic rings. The first-order valence-corrected chi connectivity index (χ1v) is 15.4. The topological polar surface area (TPSA) is 41.6 Å². The minimum Gasteiger partial charge on any atom is -0.328 e. The normalized spacial score (nSPS) is 13.9. The molecule has 1 aromatic heterocycles. The fourth-order valence-corrected chi connectivity index (χ4v) is 5.47. The molecule has 34 heavy (non-hydrogen) atoms. The maximum atomic E-state index is 4.85. The number of nitrogens with one attached hydrogen (secondary N) is 1. The van der Waals surface area contributed by atoms with Gasteiger partial charge in [0.2, 0.25) is 0 Å². The van der Waals surface area contributed by atoms with Crippen molar-refractivity contribution in [3.05, 3.63) is 11.6 Å². The molecule has 3 nitrogen and oxygen atoms in total. The Bertz CT molecular complexity index is 581. The van der Waals surface area contributed by atoms with Crippen molar-refractivity contribution in [2.24, 2.45) is 0 Å². The second kappa shape index (κ2) is 18.4. The van der Waals surface area contributed by atoms with E-state index in [2.05, 4.69) is 46.5 Å². The van der Waals surface area contributed by atoms with Crippen molar-refractivity contribution in [3.63, 3.8) is 0 Å². The summed E-state index contributed by atoms with van der Waals surface area (Å²) in [6.45, 7) is 14.1. The quantitative estimate of drug-likeness (QED) is 0.160. The molecule has 0 aliphatic carbocycles. The molecule has 0 saturated carbocycles. The van der Waals surface area contributed by atoms with Crippen LogP contribution in [0.1, 0.15) is 188 Å². The van der Waals surface area contributed by atoms with Crippen molar-refractivity contribution in [2.45, 2.75) is 187 Å². The van der Waals surface area contributed by atoms with E-state index < -0.39 is 0 Å². The summed E-state index contributed by atoms with van der Waals surface area (Å²) in [5, 5.41) is 9.70. The maximum absolute atomic E-state index is 4.85.